The summed E-state index contributed by atoms with van der Waals surface area (Å²) in [5.74, 6) is -1.08. The highest BCUT2D eigenvalue weighted by Crippen LogP contribution is 2.00. The molecule has 1 rings (SSSR count). The third-order valence-corrected chi connectivity index (χ3v) is 2.04. The van der Waals surface area contributed by atoms with Gasteiger partial charge in [-0.15, -0.1) is 6.58 Å². The van der Waals surface area contributed by atoms with Gasteiger partial charge >= 0.3 is 0 Å². The smallest absolute Gasteiger partial charge is 0.257 e. The summed E-state index contributed by atoms with van der Waals surface area (Å²) >= 11 is 0. The number of hydrogen-bond donors (Lipinski definition) is 1. The van der Waals surface area contributed by atoms with Crippen LogP contribution in [0.3, 0.4) is 0 Å². The van der Waals surface area contributed by atoms with E-state index in [1.54, 1.807) is 31.2 Å². The molecular weight excluding hydrogens is 190 g/mol. The molecule has 0 saturated carbocycles. The maximum absolute atomic E-state index is 11.5. The van der Waals surface area contributed by atoms with Crippen molar-refractivity contribution < 1.29 is 9.59 Å². The average molecular weight is 203 g/mol. The third-order valence-electron chi connectivity index (χ3n) is 2.04. The van der Waals surface area contributed by atoms with Crippen molar-refractivity contribution in [2.24, 2.45) is 5.92 Å². The summed E-state index contributed by atoms with van der Waals surface area (Å²) in [4.78, 5) is 22.9. The van der Waals surface area contributed by atoms with Gasteiger partial charge in [-0.3, -0.25) is 14.9 Å². The summed E-state index contributed by atoms with van der Waals surface area (Å²) < 4.78 is 0. The van der Waals surface area contributed by atoms with Crippen molar-refractivity contribution in [1.82, 2.24) is 5.32 Å². The van der Waals surface area contributed by atoms with Gasteiger partial charge in [0.05, 0.1) is 5.92 Å². The van der Waals surface area contributed by atoms with Crippen LogP contribution >= 0.6 is 0 Å². The van der Waals surface area contributed by atoms with E-state index in [-0.39, 0.29) is 17.7 Å². The summed E-state index contributed by atoms with van der Waals surface area (Å²) in [6, 6.07) is 8.61. The number of benzene rings is 1. The fraction of sp³-hybridized carbons (Fsp3) is 0.167. The van der Waals surface area contributed by atoms with E-state index in [9.17, 15) is 9.59 Å². The molecule has 3 nitrogen and oxygen atoms in total. The molecule has 78 valence electrons. The SMILES string of the molecule is C=CC(C)C(=O)NC(=O)c1ccccc1. The Kier molecular flexibility index (Phi) is 3.80. The quantitative estimate of drug-likeness (QED) is 0.761. The van der Waals surface area contributed by atoms with Crippen molar-refractivity contribution >= 4 is 11.8 Å². The van der Waals surface area contributed by atoms with E-state index in [4.69, 9.17) is 0 Å². The zero-order valence-electron chi connectivity index (χ0n) is 8.57. The van der Waals surface area contributed by atoms with Gasteiger partial charge in [0.15, 0.2) is 0 Å². The lowest BCUT2D eigenvalue weighted by Crippen LogP contribution is -2.33. The highest BCUT2D eigenvalue weighted by atomic mass is 16.2. The predicted molar refractivity (Wildman–Crippen MR) is 58.3 cm³/mol. The van der Waals surface area contributed by atoms with E-state index in [0.717, 1.165) is 0 Å². The number of rotatable bonds is 3. The second kappa shape index (κ2) is 5.10. The van der Waals surface area contributed by atoms with Gasteiger partial charge in [-0.05, 0) is 12.1 Å². The maximum Gasteiger partial charge on any atom is 0.257 e. The van der Waals surface area contributed by atoms with Crippen molar-refractivity contribution in [2.75, 3.05) is 0 Å². The first-order valence-corrected chi connectivity index (χ1v) is 4.68. The molecule has 0 saturated heterocycles. The molecule has 0 aromatic heterocycles. The van der Waals surface area contributed by atoms with Crippen molar-refractivity contribution in [3.63, 3.8) is 0 Å². The molecule has 0 aliphatic carbocycles. The highest BCUT2D eigenvalue weighted by Gasteiger charge is 2.13. The Balaban J connectivity index is 2.65. The maximum atomic E-state index is 11.5. The Hall–Kier alpha value is -1.90. The van der Waals surface area contributed by atoms with Crippen LogP contribution in [0.1, 0.15) is 17.3 Å². The Morgan fingerprint density at radius 2 is 1.93 bits per heavy atom. The topological polar surface area (TPSA) is 46.2 Å². The summed E-state index contributed by atoms with van der Waals surface area (Å²) in [5, 5.41) is 2.30. The molecule has 0 spiro atoms. The molecule has 0 aliphatic rings. The van der Waals surface area contributed by atoms with E-state index in [1.807, 2.05) is 6.07 Å². The molecule has 1 unspecified atom stereocenters. The van der Waals surface area contributed by atoms with Gasteiger partial charge in [-0.2, -0.15) is 0 Å². The zero-order chi connectivity index (χ0) is 11.3. The lowest BCUT2D eigenvalue weighted by Gasteiger charge is -2.06. The fourth-order valence-electron chi connectivity index (χ4n) is 0.994. The van der Waals surface area contributed by atoms with E-state index < -0.39 is 0 Å². The van der Waals surface area contributed by atoms with Crippen LogP contribution in [-0.2, 0) is 4.79 Å². The number of nitrogens with one attached hydrogen (secondary N) is 1. The van der Waals surface area contributed by atoms with Gasteiger partial charge in [0.2, 0.25) is 5.91 Å². The first-order valence-electron chi connectivity index (χ1n) is 4.68. The van der Waals surface area contributed by atoms with Crippen molar-refractivity contribution in [3.8, 4) is 0 Å². The van der Waals surface area contributed by atoms with Crippen LogP contribution in [0, 0.1) is 5.92 Å². The minimum absolute atomic E-state index is 0.334. The molecule has 1 aromatic carbocycles. The standard InChI is InChI=1S/C12H13NO2/c1-3-9(2)11(14)13-12(15)10-7-5-4-6-8-10/h3-9H,1H2,2H3,(H,13,14,15). The zero-order valence-corrected chi connectivity index (χ0v) is 8.57. The van der Waals surface area contributed by atoms with Crippen LogP contribution < -0.4 is 5.32 Å². The molecule has 0 radical (unpaired) electrons. The summed E-state index contributed by atoms with van der Waals surface area (Å²) in [5.41, 5.74) is 0.474. The summed E-state index contributed by atoms with van der Waals surface area (Å²) in [7, 11) is 0. The molecule has 0 bridgehead atoms. The number of carbonyl (C=O) groups excluding carboxylic acids is 2. The van der Waals surface area contributed by atoms with Crippen LogP contribution in [0.4, 0.5) is 0 Å². The monoisotopic (exact) mass is 203 g/mol. The summed E-state index contributed by atoms with van der Waals surface area (Å²) in [6.45, 7) is 5.17. The van der Waals surface area contributed by atoms with E-state index in [1.165, 1.54) is 6.08 Å². The van der Waals surface area contributed by atoms with Crippen LogP contribution in [0.25, 0.3) is 0 Å². The molecular formula is C12H13NO2. The van der Waals surface area contributed by atoms with E-state index in [0.29, 0.717) is 5.56 Å². The van der Waals surface area contributed by atoms with Gasteiger partial charge in [0, 0.05) is 5.56 Å². The van der Waals surface area contributed by atoms with Crippen LogP contribution in [0.2, 0.25) is 0 Å². The van der Waals surface area contributed by atoms with Gasteiger partial charge in [-0.25, -0.2) is 0 Å². The Labute approximate surface area is 88.8 Å². The first kappa shape index (κ1) is 11.2. The molecule has 0 aliphatic heterocycles. The minimum atomic E-state index is -0.380. The number of imide groups is 1. The van der Waals surface area contributed by atoms with Gasteiger partial charge < -0.3 is 0 Å². The summed E-state index contributed by atoms with van der Waals surface area (Å²) in [6.07, 6.45) is 1.49. The predicted octanol–water partition coefficient (Wildman–Crippen LogP) is 1.77. The Morgan fingerprint density at radius 1 is 1.33 bits per heavy atom. The second-order valence-electron chi connectivity index (χ2n) is 3.21. The lowest BCUT2D eigenvalue weighted by atomic mass is 10.1. The third kappa shape index (κ3) is 3.06. The van der Waals surface area contributed by atoms with Gasteiger partial charge in [0.25, 0.3) is 5.91 Å². The molecule has 3 heteroatoms. The number of amides is 2. The first-order chi connectivity index (χ1) is 7.15. The van der Waals surface area contributed by atoms with Gasteiger partial charge in [0.1, 0.15) is 0 Å². The average Bonchev–Trinajstić information content (AvgIpc) is 2.29. The normalized spacial score (nSPS) is 11.5. The van der Waals surface area contributed by atoms with E-state index in [2.05, 4.69) is 11.9 Å². The highest BCUT2D eigenvalue weighted by molar-refractivity contribution is 6.05. The Morgan fingerprint density at radius 3 is 2.47 bits per heavy atom. The van der Waals surface area contributed by atoms with Crippen molar-refractivity contribution in [2.45, 2.75) is 6.92 Å². The van der Waals surface area contributed by atoms with Crippen molar-refractivity contribution in [1.29, 1.82) is 0 Å². The minimum Gasteiger partial charge on any atom is -0.292 e. The molecule has 1 atom stereocenters. The molecule has 2 amide bonds. The largest absolute Gasteiger partial charge is 0.292 e. The molecule has 15 heavy (non-hydrogen) atoms. The van der Waals surface area contributed by atoms with Crippen molar-refractivity contribution in [3.05, 3.63) is 48.6 Å². The Bertz CT molecular complexity index is 370. The van der Waals surface area contributed by atoms with E-state index >= 15 is 0 Å². The molecule has 1 N–H and O–H groups in total. The molecule has 1 aromatic rings. The molecule has 0 fully saturated rings. The van der Waals surface area contributed by atoms with Crippen LogP contribution in [0.5, 0.6) is 0 Å². The fourth-order valence-corrected chi connectivity index (χ4v) is 0.994. The van der Waals surface area contributed by atoms with Crippen LogP contribution in [-0.4, -0.2) is 11.8 Å². The van der Waals surface area contributed by atoms with Crippen LogP contribution in [0.15, 0.2) is 43.0 Å². The number of carbonyl (C=O) groups is 2. The lowest BCUT2D eigenvalue weighted by molar-refractivity contribution is -0.122. The van der Waals surface area contributed by atoms with Gasteiger partial charge in [-0.1, -0.05) is 31.2 Å². The number of hydrogen-bond acceptors (Lipinski definition) is 2. The second-order valence-corrected chi connectivity index (χ2v) is 3.21. The molecule has 0 heterocycles.